The number of carboxylic acid groups (broad SMARTS) is 2. The van der Waals surface area contributed by atoms with Crippen LogP contribution in [0.3, 0.4) is 0 Å². The fourth-order valence-electron chi connectivity index (χ4n) is 3.98. The monoisotopic (exact) mass is 523 g/mol. The van der Waals surface area contributed by atoms with Crippen molar-refractivity contribution in [3.05, 3.63) is 87.2 Å². The second kappa shape index (κ2) is 9.40. The van der Waals surface area contributed by atoms with Gasteiger partial charge in [0.05, 0.1) is 16.8 Å². The number of aryl methyl sites for hydroxylation is 1. The molecule has 1 saturated heterocycles. The summed E-state index contributed by atoms with van der Waals surface area (Å²) >= 11 is 11.3. The molecule has 1 aliphatic rings. The number of benzene rings is 2. The molecule has 3 N–H and O–H groups in total. The van der Waals surface area contributed by atoms with Crippen LogP contribution in [0.1, 0.15) is 37.7 Å². The fraction of sp³-hybridized carbons (Fsp3) is 0.0800. The number of aromatic carboxylic acids is 2. The highest BCUT2D eigenvalue weighted by Gasteiger charge is 2.35. The average molecular weight is 524 g/mol. The van der Waals surface area contributed by atoms with E-state index in [4.69, 9.17) is 23.8 Å². The molecule has 11 heteroatoms. The average Bonchev–Trinajstić information content (AvgIpc) is 3.08. The van der Waals surface area contributed by atoms with Crippen molar-refractivity contribution in [1.29, 1.82) is 0 Å². The van der Waals surface area contributed by atoms with Gasteiger partial charge in [0.25, 0.3) is 11.8 Å². The van der Waals surface area contributed by atoms with E-state index < -0.39 is 23.8 Å². The van der Waals surface area contributed by atoms with Crippen LogP contribution in [0, 0.1) is 13.8 Å². The van der Waals surface area contributed by atoms with Gasteiger partial charge >= 0.3 is 11.9 Å². The van der Waals surface area contributed by atoms with Crippen LogP contribution < -0.4 is 10.2 Å². The molecule has 182 valence electrons. The third-order valence-electron chi connectivity index (χ3n) is 5.61. The van der Waals surface area contributed by atoms with Gasteiger partial charge in [-0.25, -0.2) is 9.59 Å². The first-order chi connectivity index (χ1) is 17.0. The van der Waals surface area contributed by atoms with E-state index in [-0.39, 0.29) is 21.8 Å². The summed E-state index contributed by atoms with van der Waals surface area (Å²) in [4.78, 5) is 50.3. The Bertz CT molecular complexity index is 1490. The SMILES string of the molecule is Cc1cc(C=C2C(=O)NC(=S)N(c3cccc(Cl)c3)C2=O)c(C)n1-c1cc(C(=O)O)cc(C(=O)O)c1. The summed E-state index contributed by atoms with van der Waals surface area (Å²) in [6, 6.07) is 11.9. The Morgan fingerprint density at radius 1 is 0.972 bits per heavy atom. The van der Waals surface area contributed by atoms with Crippen LogP contribution in [0.2, 0.25) is 5.02 Å². The van der Waals surface area contributed by atoms with Crippen LogP contribution in [-0.4, -0.2) is 43.6 Å². The molecule has 0 atom stereocenters. The largest absolute Gasteiger partial charge is 0.478 e. The van der Waals surface area contributed by atoms with Gasteiger partial charge in [0.1, 0.15) is 5.57 Å². The molecule has 0 saturated carbocycles. The summed E-state index contributed by atoms with van der Waals surface area (Å²) < 4.78 is 1.65. The molecule has 1 aromatic heterocycles. The molecule has 3 aromatic rings. The van der Waals surface area contributed by atoms with Crippen molar-refractivity contribution in [1.82, 2.24) is 9.88 Å². The van der Waals surface area contributed by atoms with E-state index in [0.717, 1.165) is 6.07 Å². The van der Waals surface area contributed by atoms with E-state index in [0.29, 0.717) is 33.3 Å². The second-order valence-corrected chi connectivity index (χ2v) is 8.80. The van der Waals surface area contributed by atoms with Crippen molar-refractivity contribution in [3.8, 4) is 5.69 Å². The number of carbonyl (C=O) groups is 4. The summed E-state index contributed by atoms with van der Waals surface area (Å²) in [5, 5.41) is 21.7. The number of anilines is 1. The quantitative estimate of drug-likeness (QED) is 0.262. The zero-order chi connectivity index (χ0) is 26.3. The maximum Gasteiger partial charge on any atom is 0.335 e. The van der Waals surface area contributed by atoms with Crippen molar-refractivity contribution >= 4 is 64.4 Å². The van der Waals surface area contributed by atoms with E-state index >= 15 is 0 Å². The Morgan fingerprint density at radius 3 is 2.19 bits per heavy atom. The molecular formula is C25H18ClN3O6S. The number of aromatic nitrogens is 1. The van der Waals surface area contributed by atoms with Crippen molar-refractivity contribution < 1.29 is 29.4 Å². The van der Waals surface area contributed by atoms with Crippen LogP contribution >= 0.6 is 23.8 Å². The number of amides is 2. The minimum absolute atomic E-state index is 0.0819. The molecule has 0 unspecified atom stereocenters. The molecule has 0 radical (unpaired) electrons. The first-order valence-corrected chi connectivity index (χ1v) is 11.2. The van der Waals surface area contributed by atoms with Crippen molar-refractivity contribution in [3.63, 3.8) is 0 Å². The minimum Gasteiger partial charge on any atom is -0.478 e. The number of carboxylic acids is 2. The molecule has 2 aromatic carbocycles. The number of thiocarbonyl (C=S) groups is 1. The van der Waals surface area contributed by atoms with E-state index in [9.17, 15) is 29.4 Å². The lowest BCUT2D eigenvalue weighted by Crippen LogP contribution is -2.54. The van der Waals surface area contributed by atoms with Crippen LogP contribution in [0.25, 0.3) is 11.8 Å². The number of nitrogens with zero attached hydrogens (tertiary/aromatic N) is 2. The third kappa shape index (κ3) is 4.51. The topological polar surface area (TPSA) is 129 Å². The second-order valence-electron chi connectivity index (χ2n) is 7.98. The predicted octanol–water partition coefficient (Wildman–Crippen LogP) is 3.98. The molecule has 0 spiro atoms. The Kier molecular flexibility index (Phi) is 6.49. The van der Waals surface area contributed by atoms with Crippen LogP contribution in [0.15, 0.2) is 54.1 Å². The molecular weight excluding hydrogens is 506 g/mol. The lowest BCUT2D eigenvalue weighted by atomic mass is 10.1. The molecule has 2 amide bonds. The minimum atomic E-state index is -1.27. The number of rotatable bonds is 5. The Morgan fingerprint density at radius 2 is 1.61 bits per heavy atom. The lowest BCUT2D eigenvalue weighted by molar-refractivity contribution is -0.122. The standard InChI is InChI=1S/C25H18ClN3O6S/c1-12-6-14(13(2)28(12)19-8-15(23(32)33)7-16(9-19)24(34)35)10-20-21(30)27-25(36)29(22(20)31)18-5-3-4-17(26)11-18/h3-11H,1-2H3,(H,32,33)(H,34,35)(H,27,30,36). The Hall–Kier alpha value is -4.28. The highest BCUT2D eigenvalue weighted by molar-refractivity contribution is 7.80. The maximum atomic E-state index is 13.3. The highest BCUT2D eigenvalue weighted by atomic mass is 35.5. The number of hydrogen-bond donors (Lipinski definition) is 3. The summed E-state index contributed by atoms with van der Waals surface area (Å²) in [5.74, 6) is -3.86. The first kappa shape index (κ1) is 24.8. The summed E-state index contributed by atoms with van der Waals surface area (Å²) in [6.45, 7) is 3.44. The van der Waals surface area contributed by atoms with Crippen LogP contribution in [0.4, 0.5) is 5.69 Å². The van der Waals surface area contributed by atoms with E-state index in [1.54, 1.807) is 48.7 Å². The van der Waals surface area contributed by atoms with Gasteiger partial charge in [-0.15, -0.1) is 0 Å². The molecule has 2 heterocycles. The molecule has 0 bridgehead atoms. The van der Waals surface area contributed by atoms with Crippen LogP contribution in [-0.2, 0) is 9.59 Å². The smallest absolute Gasteiger partial charge is 0.335 e. The van der Waals surface area contributed by atoms with Crippen LogP contribution in [0.5, 0.6) is 0 Å². The van der Waals surface area contributed by atoms with Gasteiger partial charge in [0, 0.05) is 22.1 Å². The lowest BCUT2D eigenvalue weighted by Gasteiger charge is -2.29. The van der Waals surface area contributed by atoms with Gasteiger partial charge in [-0.3, -0.25) is 19.8 Å². The fourth-order valence-corrected chi connectivity index (χ4v) is 4.45. The maximum absolute atomic E-state index is 13.3. The van der Waals surface area contributed by atoms with E-state index in [2.05, 4.69) is 5.32 Å². The van der Waals surface area contributed by atoms with Gasteiger partial charge in [-0.2, -0.15) is 0 Å². The van der Waals surface area contributed by atoms with Gasteiger partial charge in [0.15, 0.2) is 5.11 Å². The predicted molar refractivity (Wildman–Crippen MR) is 137 cm³/mol. The van der Waals surface area contributed by atoms with E-state index in [1.807, 2.05) is 0 Å². The highest BCUT2D eigenvalue weighted by Crippen LogP contribution is 2.28. The number of hydrogen-bond acceptors (Lipinski definition) is 5. The molecule has 36 heavy (non-hydrogen) atoms. The Labute approximate surface area is 215 Å². The molecule has 1 fully saturated rings. The zero-order valence-corrected chi connectivity index (χ0v) is 20.5. The molecule has 9 nitrogen and oxygen atoms in total. The van der Waals surface area contributed by atoms with Crippen molar-refractivity contribution in [2.45, 2.75) is 13.8 Å². The Balaban J connectivity index is 1.81. The van der Waals surface area contributed by atoms with Gasteiger partial charge in [-0.05, 0) is 80.2 Å². The number of halogens is 1. The molecule has 0 aliphatic carbocycles. The van der Waals surface area contributed by atoms with Crippen molar-refractivity contribution in [2.75, 3.05) is 4.90 Å². The first-order valence-electron chi connectivity index (χ1n) is 10.5. The number of nitrogens with one attached hydrogen (secondary N) is 1. The van der Waals surface area contributed by atoms with Gasteiger partial charge in [0.2, 0.25) is 0 Å². The molecule has 1 aliphatic heterocycles. The zero-order valence-electron chi connectivity index (χ0n) is 18.9. The van der Waals surface area contributed by atoms with Gasteiger partial charge in [-0.1, -0.05) is 17.7 Å². The summed E-state index contributed by atoms with van der Waals surface area (Å²) in [5.41, 5.74) is 1.84. The number of carbonyl (C=O) groups excluding carboxylic acids is 2. The molecule has 4 rings (SSSR count). The van der Waals surface area contributed by atoms with Crippen molar-refractivity contribution in [2.24, 2.45) is 0 Å². The summed E-state index contributed by atoms with van der Waals surface area (Å²) in [6.07, 6.45) is 1.41. The third-order valence-corrected chi connectivity index (χ3v) is 6.13. The van der Waals surface area contributed by atoms with E-state index in [1.165, 1.54) is 23.1 Å². The summed E-state index contributed by atoms with van der Waals surface area (Å²) in [7, 11) is 0. The normalized spacial score (nSPS) is 14.8. The van der Waals surface area contributed by atoms with Gasteiger partial charge < -0.3 is 14.8 Å².